The predicted molar refractivity (Wildman–Crippen MR) is 138 cm³/mol. The highest BCUT2D eigenvalue weighted by Crippen LogP contribution is 2.69. The summed E-state index contributed by atoms with van der Waals surface area (Å²) in [5.74, 6) is -7.61. The normalized spacial score (nSPS) is 33.0. The maximum Gasteiger partial charge on any atom is 0.328 e. The molecule has 13 heteroatoms. The second-order valence-electron chi connectivity index (χ2n) is 10.3. The number of ether oxygens (including phenoxy) is 1. The number of nitrogens with zero attached hydrogens (tertiary/aromatic N) is 4. The summed E-state index contributed by atoms with van der Waals surface area (Å²) in [4.78, 5) is 85.3. The number of carbonyl (C=O) groups excluding carboxylic acids is 5. The Morgan fingerprint density at radius 3 is 1.93 bits per heavy atom. The molecule has 0 aliphatic carbocycles. The van der Waals surface area contributed by atoms with E-state index in [0.29, 0.717) is 10.4 Å². The van der Waals surface area contributed by atoms with Crippen LogP contribution < -0.4 is 0 Å². The summed E-state index contributed by atoms with van der Waals surface area (Å²) in [7, 11) is 1.16. The maximum atomic E-state index is 14.1. The highest BCUT2D eigenvalue weighted by molar-refractivity contribution is 7.10. The summed E-state index contributed by atoms with van der Waals surface area (Å²) in [5, 5.41) is 13.2. The number of amides is 4. The van der Waals surface area contributed by atoms with Crippen LogP contribution in [0.1, 0.15) is 36.4 Å². The number of esters is 1. The van der Waals surface area contributed by atoms with Gasteiger partial charge in [0.25, 0.3) is 5.69 Å². The van der Waals surface area contributed by atoms with Crippen molar-refractivity contribution >= 4 is 46.6 Å². The van der Waals surface area contributed by atoms with Gasteiger partial charge < -0.3 is 4.74 Å². The lowest BCUT2D eigenvalue weighted by molar-refractivity contribution is -0.384. The molecule has 4 saturated heterocycles. The van der Waals surface area contributed by atoms with Crippen molar-refractivity contribution in [2.45, 2.75) is 31.5 Å². The molecule has 0 spiro atoms. The zero-order chi connectivity index (χ0) is 28.7. The summed E-state index contributed by atoms with van der Waals surface area (Å²) in [5.41, 5.74) is -1.66. The predicted octanol–water partition coefficient (Wildman–Crippen LogP) is 1.92. The number of rotatable bonds is 6. The summed E-state index contributed by atoms with van der Waals surface area (Å²) in [6.07, 6.45) is 0. The van der Waals surface area contributed by atoms with Crippen LogP contribution in [0.5, 0.6) is 0 Å². The number of methoxy groups -OCH3 is 1. The number of fused-ring (bicyclic) bond motifs is 5. The molecule has 0 bridgehead atoms. The second-order valence-corrected chi connectivity index (χ2v) is 11.3. The minimum atomic E-state index is -1.95. The highest BCUT2D eigenvalue weighted by atomic mass is 32.1. The Morgan fingerprint density at radius 1 is 0.925 bits per heavy atom. The van der Waals surface area contributed by atoms with Crippen molar-refractivity contribution in [3.8, 4) is 0 Å². The van der Waals surface area contributed by atoms with Crippen LogP contribution in [0.15, 0.2) is 41.8 Å². The van der Waals surface area contributed by atoms with Crippen molar-refractivity contribution in [3.63, 3.8) is 0 Å². The average Bonchev–Trinajstić information content (AvgIpc) is 3.72. The zero-order valence-electron chi connectivity index (χ0n) is 21.9. The molecule has 12 nitrogen and oxygen atoms in total. The molecular formula is C27H26N4O8S. The van der Waals surface area contributed by atoms with E-state index in [9.17, 15) is 34.1 Å². The molecule has 1 aromatic heterocycles. The van der Waals surface area contributed by atoms with Gasteiger partial charge in [0, 0.05) is 36.1 Å². The Labute approximate surface area is 232 Å². The molecule has 208 valence electrons. The first-order valence-corrected chi connectivity index (χ1v) is 13.9. The molecule has 2 aromatic rings. The monoisotopic (exact) mass is 566 g/mol. The lowest BCUT2D eigenvalue weighted by atomic mass is 9.69. The van der Waals surface area contributed by atoms with Crippen molar-refractivity contribution in [3.05, 3.63) is 62.3 Å². The van der Waals surface area contributed by atoms with Gasteiger partial charge in [-0.15, -0.1) is 11.3 Å². The topological polar surface area (TPSA) is 147 Å². The SMILES string of the molecule is CCN1C(=O)[C@H]2[C@@H](c3ccc([N+](=O)[O-])cc3)N3[C@H](c4cccs4)[C@@H]4C(=O)N(CC)C(=O)[C@@H]4[C@@]3(C(=O)OC)[C@H]2C1=O. The molecule has 0 N–H and O–H groups in total. The molecule has 4 amide bonds. The van der Waals surface area contributed by atoms with E-state index < -0.39 is 75.8 Å². The third kappa shape index (κ3) is 3.01. The molecule has 4 aliphatic heterocycles. The molecule has 1 aromatic carbocycles. The molecule has 6 rings (SSSR count). The third-order valence-electron chi connectivity index (χ3n) is 8.96. The minimum absolute atomic E-state index is 0.0608. The molecular weight excluding hydrogens is 540 g/mol. The van der Waals surface area contributed by atoms with E-state index in [4.69, 9.17) is 4.74 Å². The Kier molecular flexibility index (Phi) is 5.93. The van der Waals surface area contributed by atoms with Crippen molar-refractivity contribution in [2.75, 3.05) is 20.2 Å². The molecule has 7 atom stereocenters. The van der Waals surface area contributed by atoms with Crippen LogP contribution in [0.3, 0.4) is 0 Å². The average molecular weight is 567 g/mol. The Morgan fingerprint density at radius 2 is 1.48 bits per heavy atom. The highest BCUT2D eigenvalue weighted by Gasteiger charge is 2.84. The van der Waals surface area contributed by atoms with E-state index in [1.807, 2.05) is 5.38 Å². The van der Waals surface area contributed by atoms with Gasteiger partial charge in [0.15, 0.2) is 0 Å². The lowest BCUT2D eigenvalue weighted by Crippen LogP contribution is -2.60. The van der Waals surface area contributed by atoms with E-state index in [1.165, 1.54) is 35.6 Å². The number of nitro benzene ring substituents is 1. The standard InChI is InChI=1S/C27H26N4O8S/c1-4-28-22(32)16-18(24(28)34)27(26(36)39-3)19-17(23(33)29(5-2)25(19)35)21(15-7-6-12-40-15)30(27)20(16)13-8-10-14(11-9-13)31(37)38/h6-12,16-21H,4-5H2,1-3H3/t16-,17-,18-,19-,20-,21-,27-/m1/s1. The first kappa shape index (κ1) is 26.3. The first-order chi connectivity index (χ1) is 19.2. The summed E-state index contributed by atoms with van der Waals surface area (Å²) >= 11 is 1.34. The van der Waals surface area contributed by atoms with E-state index in [1.54, 1.807) is 30.9 Å². The van der Waals surface area contributed by atoms with Gasteiger partial charge in [0.2, 0.25) is 23.6 Å². The van der Waals surface area contributed by atoms with Gasteiger partial charge in [-0.05, 0) is 30.9 Å². The van der Waals surface area contributed by atoms with Gasteiger partial charge in [-0.1, -0.05) is 18.2 Å². The van der Waals surface area contributed by atoms with Crippen LogP contribution in [0.2, 0.25) is 0 Å². The second kappa shape index (κ2) is 9.03. The summed E-state index contributed by atoms with van der Waals surface area (Å²) in [6, 6.07) is 7.43. The van der Waals surface area contributed by atoms with Gasteiger partial charge in [0.05, 0.1) is 41.7 Å². The molecule has 40 heavy (non-hydrogen) atoms. The van der Waals surface area contributed by atoms with Crippen molar-refractivity contribution in [1.82, 2.24) is 14.7 Å². The largest absolute Gasteiger partial charge is 0.468 e. The van der Waals surface area contributed by atoms with Crippen LogP contribution in [0, 0.1) is 33.8 Å². The van der Waals surface area contributed by atoms with Gasteiger partial charge >= 0.3 is 5.97 Å². The van der Waals surface area contributed by atoms with Gasteiger partial charge in [-0.2, -0.15) is 0 Å². The Bertz CT molecular complexity index is 1460. The van der Waals surface area contributed by atoms with Crippen LogP contribution in [-0.2, 0) is 28.7 Å². The third-order valence-corrected chi connectivity index (χ3v) is 9.91. The molecule has 0 saturated carbocycles. The minimum Gasteiger partial charge on any atom is -0.468 e. The number of benzene rings is 1. The first-order valence-electron chi connectivity index (χ1n) is 13.0. The Hall–Kier alpha value is -3.97. The fourth-order valence-electron chi connectivity index (χ4n) is 7.64. The van der Waals surface area contributed by atoms with Gasteiger partial charge in [-0.25, -0.2) is 4.79 Å². The Balaban J connectivity index is 1.68. The van der Waals surface area contributed by atoms with Crippen LogP contribution in [-0.4, -0.2) is 75.0 Å². The number of likely N-dealkylation sites (tertiary alicyclic amines) is 2. The quantitative estimate of drug-likeness (QED) is 0.221. The number of nitro groups is 1. The molecule has 0 unspecified atom stereocenters. The number of hydrogen-bond acceptors (Lipinski definition) is 10. The molecule has 0 radical (unpaired) electrons. The van der Waals surface area contributed by atoms with Crippen molar-refractivity contribution in [2.24, 2.45) is 23.7 Å². The number of carbonyl (C=O) groups is 5. The van der Waals surface area contributed by atoms with E-state index in [-0.39, 0.29) is 18.8 Å². The molecule has 5 heterocycles. The van der Waals surface area contributed by atoms with Crippen LogP contribution in [0.4, 0.5) is 5.69 Å². The zero-order valence-corrected chi connectivity index (χ0v) is 22.7. The summed E-state index contributed by atoms with van der Waals surface area (Å²) in [6.45, 7) is 3.47. The van der Waals surface area contributed by atoms with Crippen molar-refractivity contribution in [1.29, 1.82) is 0 Å². The smallest absolute Gasteiger partial charge is 0.328 e. The van der Waals surface area contributed by atoms with Gasteiger partial charge in [0.1, 0.15) is 5.54 Å². The fourth-order valence-corrected chi connectivity index (χ4v) is 8.51. The number of imide groups is 2. The van der Waals surface area contributed by atoms with E-state index >= 15 is 0 Å². The number of thiophene rings is 1. The number of non-ortho nitro benzene ring substituents is 1. The van der Waals surface area contributed by atoms with Crippen LogP contribution in [0.25, 0.3) is 0 Å². The summed E-state index contributed by atoms with van der Waals surface area (Å²) < 4.78 is 5.33. The van der Waals surface area contributed by atoms with Crippen molar-refractivity contribution < 1.29 is 33.6 Å². The fraction of sp³-hybridized carbons (Fsp3) is 0.444. The van der Waals surface area contributed by atoms with Gasteiger partial charge in [-0.3, -0.25) is 44.0 Å². The lowest BCUT2D eigenvalue weighted by Gasteiger charge is -2.41. The number of hydrogen-bond donors (Lipinski definition) is 0. The molecule has 4 aliphatic rings. The van der Waals surface area contributed by atoms with E-state index in [2.05, 4.69) is 0 Å². The van der Waals surface area contributed by atoms with E-state index in [0.717, 1.165) is 16.9 Å². The van der Waals surface area contributed by atoms with Crippen LogP contribution >= 0.6 is 11.3 Å². The molecule has 4 fully saturated rings. The maximum absolute atomic E-state index is 14.1.